The van der Waals surface area contributed by atoms with E-state index in [0.717, 1.165) is 0 Å². The molecule has 0 spiro atoms. The number of nitrogens with zero attached hydrogens (tertiary/aromatic N) is 1. The lowest BCUT2D eigenvalue weighted by Gasteiger charge is -2.32. The largest absolute Gasteiger partial charge is 0.492 e. The fraction of sp³-hybridized carbons (Fsp3) is 0.450. The van der Waals surface area contributed by atoms with E-state index < -0.39 is 18.3 Å². The van der Waals surface area contributed by atoms with Gasteiger partial charge in [-0.05, 0) is 38.7 Å². The third-order valence-corrected chi connectivity index (χ3v) is 4.94. The summed E-state index contributed by atoms with van der Waals surface area (Å²) in [5.74, 6) is -0.427. The molecule has 7 heteroatoms. The Labute approximate surface area is 160 Å². The first kappa shape index (κ1) is 20.9. The minimum absolute atomic E-state index is 0.175. The fourth-order valence-corrected chi connectivity index (χ4v) is 2.67. The smallest absolute Gasteiger partial charge is 0.400 e. The fourth-order valence-electron chi connectivity index (χ4n) is 2.67. The molecule has 1 saturated heterocycles. The molecule has 6 nitrogen and oxygen atoms in total. The van der Waals surface area contributed by atoms with Crippen molar-refractivity contribution in [3.63, 3.8) is 0 Å². The Hall–Kier alpha value is -2.43. The number of rotatable bonds is 6. The second kappa shape index (κ2) is 8.07. The first-order chi connectivity index (χ1) is 12.6. The van der Waals surface area contributed by atoms with Gasteiger partial charge in [-0.1, -0.05) is 30.3 Å². The number of benzene rings is 1. The van der Waals surface area contributed by atoms with Gasteiger partial charge in [-0.3, -0.25) is 9.59 Å². The van der Waals surface area contributed by atoms with Crippen LogP contribution in [0.1, 0.15) is 57.0 Å². The number of hydrogen-bond donors (Lipinski definition) is 1. The summed E-state index contributed by atoms with van der Waals surface area (Å²) in [6.07, 6.45) is 1.60. The zero-order chi connectivity index (χ0) is 20.2. The summed E-state index contributed by atoms with van der Waals surface area (Å²) in [6.45, 7) is 9.47. The summed E-state index contributed by atoms with van der Waals surface area (Å²) in [4.78, 5) is 23.7. The average Bonchev–Trinajstić information content (AvgIpc) is 2.79. The van der Waals surface area contributed by atoms with Crippen molar-refractivity contribution in [2.24, 2.45) is 0 Å². The molecule has 1 aromatic rings. The minimum Gasteiger partial charge on any atom is -0.400 e. The highest BCUT2D eigenvalue weighted by molar-refractivity contribution is 6.56. The van der Waals surface area contributed by atoms with Crippen LogP contribution in [-0.4, -0.2) is 36.6 Å². The molecule has 0 radical (unpaired) electrons. The van der Waals surface area contributed by atoms with Gasteiger partial charge in [0.05, 0.1) is 23.7 Å². The number of hydrogen-bond acceptors (Lipinski definition) is 5. The van der Waals surface area contributed by atoms with E-state index in [1.165, 1.54) is 6.92 Å². The molecule has 0 bridgehead atoms. The number of nitrogens with one attached hydrogen (secondary N) is 1. The first-order valence-corrected chi connectivity index (χ1v) is 8.87. The molecule has 0 unspecified atom stereocenters. The van der Waals surface area contributed by atoms with Crippen LogP contribution >= 0.6 is 0 Å². The number of carbonyl (C=O) groups excluding carboxylic acids is 2. The summed E-state index contributed by atoms with van der Waals surface area (Å²) in [5.41, 5.74) is 0.761. The van der Waals surface area contributed by atoms with Crippen LogP contribution < -0.4 is 5.32 Å². The topological polar surface area (TPSA) is 88.4 Å². The lowest BCUT2D eigenvalue weighted by atomic mass is 9.76. The number of ketones is 1. The van der Waals surface area contributed by atoms with Gasteiger partial charge in [0.2, 0.25) is 5.91 Å². The molecule has 1 amide bonds. The van der Waals surface area contributed by atoms with Crippen LogP contribution in [0.25, 0.3) is 6.08 Å². The Morgan fingerprint density at radius 3 is 2.33 bits per heavy atom. The monoisotopic (exact) mass is 368 g/mol. The van der Waals surface area contributed by atoms with Crippen molar-refractivity contribution in [2.75, 3.05) is 6.54 Å². The predicted molar refractivity (Wildman–Crippen MR) is 104 cm³/mol. The lowest BCUT2D eigenvalue weighted by Crippen LogP contribution is -2.41. The zero-order valence-corrected chi connectivity index (χ0v) is 16.5. The average molecular weight is 368 g/mol. The van der Waals surface area contributed by atoms with Crippen LogP contribution in [0.4, 0.5) is 0 Å². The van der Waals surface area contributed by atoms with Crippen molar-refractivity contribution in [2.45, 2.75) is 52.2 Å². The summed E-state index contributed by atoms with van der Waals surface area (Å²) >= 11 is 0. The Morgan fingerprint density at radius 2 is 1.78 bits per heavy atom. The molecule has 0 saturated carbocycles. The van der Waals surface area contributed by atoms with Crippen molar-refractivity contribution < 1.29 is 18.9 Å². The van der Waals surface area contributed by atoms with Crippen molar-refractivity contribution in [3.05, 3.63) is 40.9 Å². The molecule has 142 valence electrons. The third kappa shape index (κ3) is 4.85. The van der Waals surface area contributed by atoms with Gasteiger partial charge in [0, 0.05) is 19.0 Å². The summed E-state index contributed by atoms with van der Waals surface area (Å²) in [5, 5.41) is 11.6. The summed E-state index contributed by atoms with van der Waals surface area (Å²) in [7, 11) is -0.652. The molecule has 0 aromatic heterocycles. The molecule has 2 rings (SSSR count). The number of carbonyl (C=O) groups is 2. The predicted octanol–water partition coefficient (Wildman–Crippen LogP) is 2.93. The SMILES string of the molecule is CC(=O)NCC(=Cc1ccccc1C(=O)CC#N)B1OC(C)(C)C(C)(C)O1. The molecule has 27 heavy (non-hydrogen) atoms. The van der Waals surface area contributed by atoms with Crippen LogP contribution in [-0.2, 0) is 14.1 Å². The zero-order valence-electron chi connectivity index (χ0n) is 16.5. The molecule has 1 N–H and O–H groups in total. The number of Topliss-reactive ketones (excluding diaryl/α,β-unsaturated/α-hetero) is 1. The molecule has 1 heterocycles. The van der Waals surface area contributed by atoms with Gasteiger partial charge in [0.1, 0.15) is 0 Å². The maximum Gasteiger partial charge on any atom is 0.492 e. The van der Waals surface area contributed by atoms with Gasteiger partial charge in [-0.2, -0.15) is 5.26 Å². The standard InChI is InChI=1S/C20H25BN2O4/c1-14(24)23-13-16(21-26-19(2,3)20(4,5)27-21)12-15-8-6-7-9-17(15)18(25)10-11-22/h6-9,12H,10,13H2,1-5H3,(H,23,24). The van der Waals surface area contributed by atoms with E-state index in [2.05, 4.69) is 5.32 Å². The third-order valence-electron chi connectivity index (χ3n) is 4.94. The second-order valence-corrected chi connectivity index (χ2v) is 7.56. The number of amides is 1. The molecule has 1 fully saturated rings. The highest BCUT2D eigenvalue weighted by atomic mass is 16.7. The van der Waals surface area contributed by atoms with Crippen LogP contribution in [0.3, 0.4) is 0 Å². The Balaban J connectivity index is 2.43. The number of nitriles is 1. The van der Waals surface area contributed by atoms with Gasteiger partial charge in [-0.15, -0.1) is 0 Å². The quantitative estimate of drug-likeness (QED) is 0.616. The van der Waals surface area contributed by atoms with E-state index in [9.17, 15) is 9.59 Å². The molecule has 1 aliphatic rings. The van der Waals surface area contributed by atoms with Crippen LogP contribution in [0.15, 0.2) is 29.7 Å². The van der Waals surface area contributed by atoms with Gasteiger partial charge < -0.3 is 14.6 Å². The van der Waals surface area contributed by atoms with Crippen molar-refractivity contribution in [1.29, 1.82) is 5.26 Å². The molecule has 1 aliphatic heterocycles. The van der Waals surface area contributed by atoms with E-state index in [1.54, 1.807) is 24.3 Å². The molecular weight excluding hydrogens is 343 g/mol. The lowest BCUT2D eigenvalue weighted by molar-refractivity contribution is -0.118. The van der Waals surface area contributed by atoms with E-state index in [-0.39, 0.29) is 24.7 Å². The second-order valence-electron chi connectivity index (χ2n) is 7.56. The molecule has 0 aliphatic carbocycles. The highest BCUT2D eigenvalue weighted by Gasteiger charge is 2.52. The first-order valence-electron chi connectivity index (χ1n) is 8.87. The normalized spacial score (nSPS) is 18.1. The van der Waals surface area contributed by atoms with Gasteiger partial charge in [0.25, 0.3) is 0 Å². The molecule has 0 atom stereocenters. The highest BCUT2D eigenvalue weighted by Crippen LogP contribution is 2.38. The molecule has 1 aromatic carbocycles. The van der Waals surface area contributed by atoms with Crippen LogP contribution in [0.2, 0.25) is 0 Å². The van der Waals surface area contributed by atoms with Crippen molar-refractivity contribution in [1.82, 2.24) is 5.32 Å². The Morgan fingerprint density at radius 1 is 1.19 bits per heavy atom. The maximum absolute atomic E-state index is 12.3. The van der Waals surface area contributed by atoms with Crippen molar-refractivity contribution >= 4 is 24.9 Å². The van der Waals surface area contributed by atoms with Crippen molar-refractivity contribution in [3.8, 4) is 6.07 Å². The van der Waals surface area contributed by atoms with E-state index >= 15 is 0 Å². The maximum atomic E-state index is 12.3. The Bertz CT molecular complexity index is 792. The summed E-state index contributed by atoms with van der Waals surface area (Å²) < 4.78 is 12.2. The van der Waals surface area contributed by atoms with E-state index in [1.807, 2.05) is 39.8 Å². The Kier molecular flexibility index (Phi) is 6.24. The van der Waals surface area contributed by atoms with Gasteiger partial charge in [-0.25, -0.2) is 0 Å². The molecular formula is C20H25BN2O4. The minimum atomic E-state index is -0.652. The summed E-state index contributed by atoms with van der Waals surface area (Å²) in [6, 6.07) is 8.94. The van der Waals surface area contributed by atoms with Gasteiger partial charge in [0.15, 0.2) is 5.78 Å². The van der Waals surface area contributed by atoms with Crippen LogP contribution in [0, 0.1) is 11.3 Å². The van der Waals surface area contributed by atoms with E-state index in [0.29, 0.717) is 16.6 Å². The van der Waals surface area contributed by atoms with E-state index in [4.69, 9.17) is 14.6 Å². The van der Waals surface area contributed by atoms with Gasteiger partial charge >= 0.3 is 7.12 Å². The van der Waals surface area contributed by atoms with Crippen LogP contribution in [0.5, 0.6) is 0 Å².